The first-order chi connectivity index (χ1) is 10.3. The van der Waals surface area contributed by atoms with Crippen LogP contribution in [0.4, 0.5) is 5.69 Å². The van der Waals surface area contributed by atoms with Gasteiger partial charge in [-0.1, -0.05) is 58.0 Å². The van der Waals surface area contributed by atoms with Crippen molar-refractivity contribution < 1.29 is 9.21 Å². The van der Waals surface area contributed by atoms with E-state index >= 15 is 0 Å². The van der Waals surface area contributed by atoms with Gasteiger partial charge < -0.3 is 15.1 Å². The molecule has 0 aliphatic carbocycles. The molecule has 0 bridgehead atoms. The molecule has 0 saturated carbocycles. The maximum Gasteiger partial charge on any atom is 0.288 e. The van der Waals surface area contributed by atoms with Gasteiger partial charge in [0.05, 0.1) is 17.0 Å². The zero-order chi connectivity index (χ0) is 16.3. The third-order valence-corrected chi connectivity index (χ3v) is 3.78. The molecule has 0 aliphatic heterocycles. The fourth-order valence-electron chi connectivity index (χ4n) is 1.57. The van der Waals surface area contributed by atoms with E-state index in [2.05, 4.69) is 10.6 Å². The van der Waals surface area contributed by atoms with Gasteiger partial charge in [0.1, 0.15) is 6.17 Å². The molecule has 118 valence electrons. The van der Waals surface area contributed by atoms with E-state index in [-0.39, 0.29) is 5.76 Å². The number of carbonyl (C=O) groups is 1. The average Bonchev–Trinajstić information content (AvgIpc) is 2.93. The molecule has 0 spiro atoms. The minimum atomic E-state index is -1.83. The van der Waals surface area contributed by atoms with Crippen molar-refractivity contribution in [1.29, 1.82) is 0 Å². The molecular formula is C13H9Cl5N2O2. The molecule has 0 saturated heterocycles. The highest BCUT2D eigenvalue weighted by atomic mass is 35.6. The van der Waals surface area contributed by atoms with E-state index in [0.717, 1.165) is 0 Å². The van der Waals surface area contributed by atoms with Crippen molar-refractivity contribution >= 4 is 69.6 Å². The standard InChI is InChI=1S/C13H9Cl5N2O2/c14-7-3-4-9(8(15)6-7)19-12(13(16,17)18)20-11(21)10-2-1-5-22-10/h1-6,12,19H,(H,20,21). The first-order valence-electron chi connectivity index (χ1n) is 5.90. The third-order valence-electron chi connectivity index (χ3n) is 2.58. The van der Waals surface area contributed by atoms with E-state index in [1.807, 2.05) is 0 Å². The molecule has 1 unspecified atom stereocenters. The molecule has 9 heteroatoms. The summed E-state index contributed by atoms with van der Waals surface area (Å²) in [5.74, 6) is -0.456. The Hall–Kier alpha value is -0.780. The Kier molecular flexibility index (Phi) is 5.75. The molecule has 0 fully saturated rings. The summed E-state index contributed by atoms with van der Waals surface area (Å²) in [6.45, 7) is 0. The third kappa shape index (κ3) is 4.61. The maximum atomic E-state index is 12.0. The number of carbonyl (C=O) groups excluding carboxylic acids is 1. The Labute approximate surface area is 151 Å². The summed E-state index contributed by atoms with van der Waals surface area (Å²) >= 11 is 29.6. The van der Waals surface area contributed by atoms with Crippen molar-refractivity contribution in [3.05, 3.63) is 52.4 Å². The summed E-state index contributed by atoms with van der Waals surface area (Å²) in [5.41, 5.74) is 0.446. The maximum absolute atomic E-state index is 12.0. The largest absolute Gasteiger partial charge is 0.459 e. The van der Waals surface area contributed by atoms with Crippen LogP contribution in [-0.4, -0.2) is 15.9 Å². The van der Waals surface area contributed by atoms with Crippen LogP contribution in [0.25, 0.3) is 0 Å². The Morgan fingerprint density at radius 1 is 1.18 bits per heavy atom. The minimum absolute atomic E-state index is 0.0863. The lowest BCUT2D eigenvalue weighted by molar-refractivity contribution is 0.0914. The molecule has 1 amide bonds. The van der Waals surface area contributed by atoms with Gasteiger partial charge >= 0.3 is 0 Å². The monoisotopic (exact) mass is 400 g/mol. The van der Waals surface area contributed by atoms with E-state index in [4.69, 9.17) is 62.4 Å². The number of alkyl halides is 3. The van der Waals surface area contributed by atoms with Crippen LogP contribution in [0, 0.1) is 0 Å². The highest BCUT2D eigenvalue weighted by Gasteiger charge is 2.35. The smallest absolute Gasteiger partial charge is 0.288 e. The van der Waals surface area contributed by atoms with Crippen molar-refractivity contribution in [3.63, 3.8) is 0 Å². The van der Waals surface area contributed by atoms with Crippen molar-refractivity contribution in [2.75, 3.05) is 5.32 Å². The van der Waals surface area contributed by atoms with Crippen molar-refractivity contribution in [3.8, 4) is 0 Å². The topological polar surface area (TPSA) is 54.3 Å². The summed E-state index contributed by atoms with van der Waals surface area (Å²) in [4.78, 5) is 12.0. The van der Waals surface area contributed by atoms with Crippen molar-refractivity contribution in [2.45, 2.75) is 9.96 Å². The lowest BCUT2D eigenvalue weighted by atomic mass is 10.3. The van der Waals surface area contributed by atoms with Crippen LogP contribution in [0.5, 0.6) is 0 Å². The summed E-state index contributed by atoms with van der Waals surface area (Å²) in [7, 11) is 0. The van der Waals surface area contributed by atoms with Gasteiger partial charge in [-0.15, -0.1) is 0 Å². The Balaban J connectivity index is 2.18. The molecule has 2 N–H and O–H groups in total. The number of anilines is 1. The minimum Gasteiger partial charge on any atom is -0.459 e. The number of rotatable bonds is 4. The Bertz CT molecular complexity index is 655. The molecule has 0 aliphatic rings. The fourth-order valence-corrected chi connectivity index (χ4v) is 2.36. The molecule has 1 aromatic heterocycles. The van der Waals surface area contributed by atoms with Gasteiger partial charge in [-0.25, -0.2) is 0 Å². The van der Waals surface area contributed by atoms with Crippen LogP contribution >= 0.6 is 58.0 Å². The molecule has 4 nitrogen and oxygen atoms in total. The van der Waals surface area contributed by atoms with E-state index in [1.54, 1.807) is 18.2 Å². The predicted octanol–water partition coefficient (Wildman–Crippen LogP) is 5.12. The van der Waals surface area contributed by atoms with E-state index in [0.29, 0.717) is 15.7 Å². The van der Waals surface area contributed by atoms with Crippen molar-refractivity contribution in [2.24, 2.45) is 0 Å². The fraction of sp³-hybridized carbons (Fsp3) is 0.154. The molecule has 2 rings (SSSR count). The molecule has 2 aromatic rings. The van der Waals surface area contributed by atoms with Gasteiger partial charge in [0, 0.05) is 5.02 Å². The van der Waals surface area contributed by atoms with Gasteiger partial charge in [0.25, 0.3) is 5.91 Å². The normalized spacial score (nSPS) is 12.8. The van der Waals surface area contributed by atoms with Crippen LogP contribution in [-0.2, 0) is 0 Å². The Morgan fingerprint density at radius 2 is 1.91 bits per heavy atom. The first-order valence-corrected chi connectivity index (χ1v) is 7.79. The van der Waals surface area contributed by atoms with E-state index < -0.39 is 15.9 Å². The zero-order valence-electron chi connectivity index (χ0n) is 10.7. The van der Waals surface area contributed by atoms with Crippen LogP contribution in [0.2, 0.25) is 10.0 Å². The number of nitrogens with one attached hydrogen (secondary N) is 2. The number of benzene rings is 1. The lowest BCUT2D eigenvalue weighted by Crippen LogP contribution is -2.49. The predicted molar refractivity (Wildman–Crippen MR) is 90.3 cm³/mol. The summed E-state index contributed by atoms with van der Waals surface area (Å²) in [5, 5.41) is 6.14. The van der Waals surface area contributed by atoms with Gasteiger partial charge in [-0.3, -0.25) is 4.79 Å². The van der Waals surface area contributed by atoms with E-state index in [1.165, 1.54) is 18.4 Å². The quantitative estimate of drug-likeness (QED) is 0.551. The zero-order valence-corrected chi connectivity index (χ0v) is 14.5. The van der Waals surface area contributed by atoms with E-state index in [9.17, 15) is 4.79 Å². The molecule has 1 heterocycles. The summed E-state index contributed by atoms with van der Waals surface area (Å²) in [6.07, 6.45) is 0.316. The van der Waals surface area contributed by atoms with Gasteiger partial charge in [-0.2, -0.15) is 0 Å². The summed E-state index contributed by atoms with van der Waals surface area (Å²) in [6, 6.07) is 7.80. The number of furan rings is 1. The number of halogens is 5. The summed E-state index contributed by atoms with van der Waals surface area (Å²) < 4.78 is 3.16. The lowest BCUT2D eigenvalue weighted by Gasteiger charge is -2.27. The van der Waals surface area contributed by atoms with Gasteiger partial charge in [0.15, 0.2) is 5.76 Å². The van der Waals surface area contributed by atoms with Gasteiger partial charge in [-0.05, 0) is 30.3 Å². The molecule has 1 aromatic carbocycles. The number of amides is 1. The SMILES string of the molecule is O=C(NC(Nc1ccc(Cl)cc1Cl)C(Cl)(Cl)Cl)c1ccco1. The second kappa shape index (κ2) is 7.20. The highest BCUT2D eigenvalue weighted by Crippen LogP contribution is 2.33. The second-order valence-electron chi connectivity index (χ2n) is 4.19. The molecule has 0 radical (unpaired) electrons. The van der Waals surface area contributed by atoms with Crippen LogP contribution in [0.3, 0.4) is 0 Å². The number of hydrogen-bond donors (Lipinski definition) is 2. The van der Waals surface area contributed by atoms with Crippen LogP contribution in [0.15, 0.2) is 41.0 Å². The highest BCUT2D eigenvalue weighted by molar-refractivity contribution is 6.68. The van der Waals surface area contributed by atoms with Crippen molar-refractivity contribution in [1.82, 2.24) is 5.32 Å². The van der Waals surface area contributed by atoms with Gasteiger partial charge in [0.2, 0.25) is 3.79 Å². The number of hydrogen-bond acceptors (Lipinski definition) is 3. The molecule has 1 atom stereocenters. The average molecular weight is 402 g/mol. The second-order valence-corrected chi connectivity index (χ2v) is 7.41. The first kappa shape index (κ1) is 17.6. The van der Waals surface area contributed by atoms with Crippen LogP contribution < -0.4 is 10.6 Å². The molecule has 22 heavy (non-hydrogen) atoms. The molecular weight excluding hydrogens is 393 g/mol. The van der Waals surface area contributed by atoms with Crippen LogP contribution in [0.1, 0.15) is 10.6 Å². The Morgan fingerprint density at radius 3 is 2.45 bits per heavy atom.